The molecule has 4 heteroatoms. The molecular formula is C18H19NO2S. The molecule has 0 heterocycles. The first-order valence-corrected chi connectivity index (χ1v) is 8.82. The van der Waals surface area contributed by atoms with Crippen molar-refractivity contribution in [3.8, 4) is 0 Å². The van der Waals surface area contributed by atoms with Gasteiger partial charge in [-0.15, -0.1) is 0 Å². The van der Waals surface area contributed by atoms with Crippen molar-refractivity contribution >= 4 is 16.1 Å². The van der Waals surface area contributed by atoms with E-state index in [9.17, 15) is 8.42 Å². The fraction of sp³-hybridized carbons (Fsp3) is 0.222. The molecule has 0 radical (unpaired) electrons. The lowest BCUT2D eigenvalue weighted by molar-refractivity contribution is 0.494. The molecule has 0 saturated heterocycles. The van der Waals surface area contributed by atoms with Crippen LogP contribution in [-0.2, 0) is 10.0 Å². The van der Waals surface area contributed by atoms with Gasteiger partial charge in [-0.05, 0) is 36.1 Å². The van der Waals surface area contributed by atoms with E-state index < -0.39 is 10.0 Å². The SMILES string of the molecule is Cc1ccc(S(=O)(=O)N[C@@H]2c3ccccc3C=C[C@H]2C)cc1. The Balaban J connectivity index is 1.95. The molecule has 0 aliphatic heterocycles. The molecule has 0 spiro atoms. The van der Waals surface area contributed by atoms with Crippen molar-refractivity contribution in [1.29, 1.82) is 0 Å². The fourth-order valence-electron chi connectivity index (χ4n) is 2.72. The predicted molar refractivity (Wildman–Crippen MR) is 88.9 cm³/mol. The van der Waals surface area contributed by atoms with Crippen LogP contribution >= 0.6 is 0 Å². The van der Waals surface area contributed by atoms with E-state index in [1.807, 2.05) is 56.3 Å². The summed E-state index contributed by atoms with van der Waals surface area (Å²) < 4.78 is 28.1. The topological polar surface area (TPSA) is 46.2 Å². The lowest BCUT2D eigenvalue weighted by Gasteiger charge is -2.28. The van der Waals surface area contributed by atoms with Crippen molar-refractivity contribution in [2.75, 3.05) is 0 Å². The van der Waals surface area contributed by atoms with Crippen LogP contribution in [0.1, 0.15) is 29.7 Å². The number of rotatable bonds is 3. The van der Waals surface area contributed by atoms with E-state index in [1.54, 1.807) is 12.1 Å². The first-order valence-electron chi connectivity index (χ1n) is 7.33. The van der Waals surface area contributed by atoms with Gasteiger partial charge in [0.05, 0.1) is 10.9 Å². The summed E-state index contributed by atoms with van der Waals surface area (Å²) in [6, 6.07) is 14.6. The maximum Gasteiger partial charge on any atom is 0.241 e. The second-order valence-electron chi connectivity index (χ2n) is 5.76. The molecule has 1 aliphatic rings. The highest BCUT2D eigenvalue weighted by molar-refractivity contribution is 7.89. The molecule has 3 nitrogen and oxygen atoms in total. The zero-order valence-corrected chi connectivity index (χ0v) is 13.5. The quantitative estimate of drug-likeness (QED) is 0.939. The van der Waals surface area contributed by atoms with Crippen LogP contribution in [0.2, 0.25) is 0 Å². The third-order valence-corrected chi connectivity index (χ3v) is 5.51. The van der Waals surface area contributed by atoms with Gasteiger partial charge >= 0.3 is 0 Å². The summed E-state index contributed by atoms with van der Waals surface area (Å²) in [6.07, 6.45) is 4.10. The van der Waals surface area contributed by atoms with Crippen LogP contribution in [0.15, 0.2) is 59.5 Å². The van der Waals surface area contributed by atoms with Gasteiger partial charge in [0.15, 0.2) is 0 Å². The van der Waals surface area contributed by atoms with Crippen LogP contribution in [-0.4, -0.2) is 8.42 Å². The van der Waals surface area contributed by atoms with E-state index >= 15 is 0 Å². The van der Waals surface area contributed by atoms with E-state index in [0.717, 1.165) is 16.7 Å². The Bertz CT molecular complexity index is 807. The van der Waals surface area contributed by atoms with E-state index in [-0.39, 0.29) is 12.0 Å². The van der Waals surface area contributed by atoms with Gasteiger partial charge in [0, 0.05) is 0 Å². The lowest BCUT2D eigenvalue weighted by atomic mass is 9.86. The molecule has 3 rings (SSSR count). The van der Waals surface area contributed by atoms with Gasteiger partial charge < -0.3 is 0 Å². The highest BCUT2D eigenvalue weighted by atomic mass is 32.2. The molecule has 1 N–H and O–H groups in total. The molecule has 2 atom stereocenters. The van der Waals surface area contributed by atoms with E-state index in [4.69, 9.17) is 0 Å². The van der Waals surface area contributed by atoms with Crippen LogP contribution in [0, 0.1) is 12.8 Å². The van der Waals surface area contributed by atoms with Crippen LogP contribution < -0.4 is 4.72 Å². The Morgan fingerprint density at radius 1 is 1.00 bits per heavy atom. The Hall–Kier alpha value is -1.91. The zero-order valence-electron chi connectivity index (χ0n) is 12.7. The summed E-state index contributed by atoms with van der Waals surface area (Å²) in [5.41, 5.74) is 3.13. The summed E-state index contributed by atoms with van der Waals surface area (Å²) in [4.78, 5) is 0.303. The fourth-order valence-corrected chi connectivity index (χ4v) is 4.03. The largest absolute Gasteiger partial charge is 0.241 e. The van der Waals surface area contributed by atoms with Crippen molar-refractivity contribution in [1.82, 2.24) is 4.72 Å². The molecule has 0 amide bonds. The summed E-state index contributed by atoms with van der Waals surface area (Å²) in [7, 11) is -3.54. The predicted octanol–water partition coefficient (Wildman–Crippen LogP) is 3.68. The number of nitrogens with one attached hydrogen (secondary N) is 1. The highest BCUT2D eigenvalue weighted by Gasteiger charge is 2.28. The van der Waals surface area contributed by atoms with Gasteiger partial charge in [0.1, 0.15) is 0 Å². The second-order valence-corrected chi connectivity index (χ2v) is 7.47. The van der Waals surface area contributed by atoms with Gasteiger partial charge in [-0.3, -0.25) is 0 Å². The Kier molecular flexibility index (Phi) is 3.89. The lowest BCUT2D eigenvalue weighted by Crippen LogP contribution is -2.33. The first kappa shape index (κ1) is 15.0. The number of aryl methyl sites for hydroxylation is 1. The van der Waals surface area contributed by atoms with E-state index in [1.165, 1.54) is 0 Å². The van der Waals surface area contributed by atoms with Crippen molar-refractivity contribution in [2.24, 2.45) is 5.92 Å². The molecule has 0 bridgehead atoms. The molecule has 0 fully saturated rings. The molecular weight excluding hydrogens is 294 g/mol. The average molecular weight is 313 g/mol. The highest BCUT2D eigenvalue weighted by Crippen LogP contribution is 2.33. The Morgan fingerprint density at radius 3 is 2.41 bits per heavy atom. The van der Waals surface area contributed by atoms with Crippen LogP contribution in [0.4, 0.5) is 0 Å². The summed E-state index contributed by atoms with van der Waals surface area (Å²) in [5, 5.41) is 0. The number of fused-ring (bicyclic) bond motifs is 1. The number of sulfonamides is 1. The summed E-state index contributed by atoms with van der Waals surface area (Å²) in [5.74, 6) is 0.107. The molecule has 0 unspecified atom stereocenters. The first-order chi connectivity index (χ1) is 10.5. The normalized spacial score (nSPS) is 20.6. The van der Waals surface area contributed by atoms with E-state index in [0.29, 0.717) is 4.90 Å². The molecule has 22 heavy (non-hydrogen) atoms. The molecule has 0 aromatic heterocycles. The maximum atomic E-state index is 12.6. The minimum atomic E-state index is -3.54. The van der Waals surface area contributed by atoms with Crippen LogP contribution in [0.3, 0.4) is 0 Å². The van der Waals surface area contributed by atoms with Gasteiger partial charge in [0.2, 0.25) is 10.0 Å². The third-order valence-electron chi connectivity index (χ3n) is 4.05. The number of hydrogen-bond acceptors (Lipinski definition) is 2. The van der Waals surface area contributed by atoms with Gasteiger partial charge in [-0.25, -0.2) is 13.1 Å². The van der Waals surface area contributed by atoms with E-state index in [2.05, 4.69) is 10.8 Å². The Labute approximate surface area is 131 Å². The maximum absolute atomic E-state index is 12.6. The minimum absolute atomic E-state index is 0.107. The standard InChI is InChI=1S/C18H19NO2S/c1-13-7-11-16(12-8-13)22(20,21)19-18-14(2)9-10-15-5-3-4-6-17(15)18/h3-12,14,18-19H,1-2H3/t14-,18+/m1/s1. The monoisotopic (exact) mass is 313 g/mol. The van der Waals surface area contributed by atoms with Gasteiger partial charge in [-0.2, -0.15) is 0 Å². The molecule has 114 valence electrons. The van der Waals surface area contributed by atoms with Crippen LogP contribution in [0.25, 0.3) is 6.08 Å². The molecule has 1 aliphatic carbocycles. The minimum Gasteiger partial charge on any atom is -0.207 e. The van der Waals surface area contributed by atoms with Crippen molar-refractivity contribution in [3.63, 3.8) is 0 Å². The summed E-state index contributed by atoms with van der Waals surface area (Å²) >= 11 is 0. The smallest absolute Gasteiger partial charge is 0.207 e. The van der Waals surface area contributed by atoms with Crippen LogP contribution in [0.5, 0.6) is 0 Å². The van der Waals surface area contributed by atoms with Crippen molar-refractivity contribution in [3.05, 3.63) is 71.3 Å². The average Bonchev–Trinajstić information content (AvgIpc) is 2.50. The van der Waals surface area contributed by atoms with Crippen molar-refractivity contribution in [2.45, 2.75) is 24.8 Å². The molecule has 0 saturated carbocycles. The zero-order chi connectivity index (χ0) is 15.7. The summed E-state index contributed by atoms with van der Waals surface area (Å²) in [6.45, 7) is 3.96. The van der Waals surface area contributed by atoms with Gasteiger partial charge in [0.25, 0.3) is 0 Å². The molecule has 2 aromatic rings. The Morgan fingerprint density at radius 2 is 1.68 bits per heavy atom. The third kappa shape index (κ3) is 2.85. The van der Waals surface area contributed by atoms with Crippen molar-refractivity contribution < 1.29 is 8.42 Å². The molecule has 2 aromatic carbocycles. The number of benzene rings is 2. The second kappa shape index (κ2) is 5.71. The van der Waals surface area contributed by atoms with Gasteiger partial charge in [-0.1, -0.05) is 61.0 Å². The number of hydrogen-bond donors (Lipinski definition) is 1.